The molecule has 0 amide bonds. The molecule has 1 aromatic heterocycles. The molecule has 0 N–H and O–H groups in total. The second kappa shape index (κ2) is 9.40. The molecule has 3 aromatic rings. The maximum Gasteiger partial charge on any atom is 0.0667 e. The van der Waals surface area contributed by atoms with Crippen molar-refractivity contribution in [3.8, 4) is 11.3 Å². The summed E-state index contributed by atoms with van der Waals surface area (Å²) in [4.78, 5) is 0. The quantitative estimate of drug-likeness (QED) is 0.457. The number of hydrogen-bond acceptors (Lipinski definition) is 2. The minimum Gasteiger partial charge on any atom is -0.358 e. The van der Waals surface area contributed by atoms with Crippen molar-refractivity contribution in [1.82, 2.24) is 15.0 Å². The molecule has 0 aliphatic rings. The summed E-state index contributed by atoms with van der Waals surface area (Å²) in [5, 5.41) is 8.30. The van der Waals surface area contributed by atoms with Crippen molar-refractivity contribution in [1.29, 1.82) is 0 Å². The Bertz CT molecular complexity index is 621. The van der Waals surface area contributed by atoms with Crippen LogP contribution in [0.4, 0.5) is 0 Å². The maximum atomic E-state index is 4.16. The van der Waals surface area contributed by atoms with Gasteiger partial charge in [0.2, 0.25) is 0 Å². The van der Waals surface area contributed by atoms with E-state index in [1.54, 1.807) is 0 Å². The van der Waals surface area contributed by atoms with E-state index >= 15 is 0 Å². The molecule has 0 fully saturated rings. The molecule has 3 rings (SSSR count). The van der Waals surface area contributed by atoms with Gasteiger partial charge in [0.1, 0.15) is 0 Å². The molecule has 0 saturated heterocycles. The average Bonchev–Trinajstić information content (AvgIpc) is 2.89. The molecule has 0 radical (unpaired) electrons. The third kappa shape index (κ3) is 5.05. The smallest absolute Gasteiger partial charge is 0.0667 e. The van der Waals surface area contributed by atoms with Crippen molar-refractivity contribution in [3.63, 3.8) is 0 Å². The third-order valence-electron chi connectivity index (χ3n) is 2.71. The standard InChI is InChI=1S/C15H12N3.2CH3.Hf/c1-3-7-13(8-4-1)11-18-12-15(16-17-18)14-9-5-2-6-10-14;;;/h1-9,12H,11H2;2*1H3;/q3*-1;. The Morgan fingerprint density at radius 2 is 1.67 bits per heavy atom. The fourth-order valence-corrected chi connectivity index (χ4v) is 1.82. The summed E-state index contributed by atoms with van der Waals surface area (Å²) in [7, 11) is 0. The fraction of sp³-hybridized carbons (Fsp3) is 0.0588. The summed E-state index contributed by atoms with van der Waals surface area (Å²) < 4.78 is 1.84. The van der Waals surface area contributed by atoms with Crippen LogP contribution in [0.2, 0.25) is 0 Å². The second-order valence-corrected chi connectivity index (χ2v) is 4.06. The minimum absolute atomic E-state index is 0. The van der Waals surface area contributed by atoms with Gasteiger partial charge in [-0.2, -0.15) is 5.10 Å². The summed E-state index contributed by atoms with van der Waals surface area (Å²) in [6, 6.07) is 21.1. The predicted molar refractivity (Wildman–Crippen MR) is 82.7 cm³/mol. The van der Waals surface area contributed by atoms with Crippen LogP contribution in [0, 0.1) is 20.9 Å². The van der Waals surface area contributed by atoms with Crippen molar-refractivity contribution in [2.45, 2.75) is 6.54 Å². The molecule has 21 heavy (non-hydrogen) atoms. The SMILES string of the molecule is [CH3-].[CH3-].[Hf].[c-]1ccccc1-c1cn(Cc2ccccc2)nn1. The largest absolute Gasteiger partial charge is 0.358 e. The minimum atomic E-state index is 0. The van der Waals surface area contributed by atoms with Gasteiger partial charge in [-0.25, -0.2) is 0 Å². The van der Waals surface area contributed by atoms with Gasteiger partial charge in [0.05, 0.1) is 6.54 Å². The first-order valence-electron chi connectivity index (χ1n) is 5.83. The van der Waals surface area contributed by atoms with E-state index in [1.807, 2.05) is 53.3 Å². The van der Waals surface area contributed by atoms with Crippen LogP contribution < -0.4 is 0 Å². The third-order valence-corrected chi connectivity index (χ3v) is 2.71. The molecule has 0 unspecified atom stereocenters. The molecular formula is C17H18HfN3-3. The van der Waals surface area contributed by atoms with Gasteiger partial charge in [0.25, 0.3) is 0 Å². The Hall–Kier alpha value is -1.55. The van der Waals surface area contributed by atoms with Crippen LogP contribution in [0.15, 0.2) is 60.8 Å². The number of benzene rings is 2. The van der Waals surface area contributed by atoms with Crippen LogP contribution in [0.5, 0.6) is 0 Å². The predicted octanol–water partition coefficient (Wildman–Crippen LogP) is 3.69. The van der Waals surface area contributed by atoms with Gasteiger partial charge in [0, 0.05) is 37.7 Å². The molecule has 0 aliphatic heterocycles. The van der Waals surface area contributed by atoms with E-state index in [1.165, 1.54) is 5.56 Å². The Morgan fingerprint density at radius 3 is 2.33 bits per heavy atom. The number of rotatable bonds is 3. The van der Waals surface area contributed by atoms with Gasteiger partial charge >= 0.3 is 0 Å². The molecule has 1 heterocycles. The van der Waals surface area contributed by atoms with Crippen LogP contribution >= 0.6 is 0 Å². The monoisotopic (exact) mass is 444 g/mol. The first-order chi connectivity index (χ1) is 8.92. The number of nitrogens with zero attached hydrogens (tertiary/aromatic N) is 3. The van der Waals surface area contributed by atoms with Crippen molar-refractivity contribution in [2.75, 3.05) is 0 Å². The first-order valence-corrected chi connectivity index (χ1v) is 5.83. The zero-order chi connectivity index (χ0) is 12.2. The Labute approximate surface area is 145 Å². The molecular weight excluding hydrogens is 425 g/mol. The fourth-order valence-electron chi connectivity index (χ4n) is 1.82. The van der Waals surface area contributed by atoms with Crippen LogP contribution in [-0.2, 0) is 32.4 Å². The van der Waals surface area contributed by atoms with Crippen molar-refractivity contribution in [3.05, 3.63) is 87.3 Å². The Balaban J connectivity index is 0.00000133. The average molecular weight is 443 g/mol. The molecule has 4 heteroatoms. The van der Waals surface area contributed by atoms with E-state index in [-0.39, 0.29) is 40.7 Å². The molecule has 0 atom stereocenters. The van der Waals surface area contributed by atoms with Crippen LogP contribution in [0.1, 0.15) is 5.56 Å². The normalized spacial score (nSPS) is 8.95. The first kappa shape index (κ1) is 19.5. The second-order valence-electron chi connectivity index (χ2n) is 4.06. The summed E-state index contributed by atoms with van der Waals surface area (Å²) in [5.74, 6) is 0. The molecule has 0 aliphatic carbocycles. The van der Waals surface area contributed by atoms with E-state index in [0.717, 1.165) is 17.8 Å². The van der Waals surface area contributed by atoms with Gasteiger partial charge in [-0.3, -0.25) is 4.68 Å². The topological polar surface area (TPSA) is 30.7 Å². The molecule has 0 saturated carbocycles. The van der Waals surface area contributed by atoms with Crippen molar-refractivity contribution < 1.29 is 25.8 Å². The van der Waals surface area contributed by atoms with E-state index in [2.05, 4.69) is 28.5 Å². The summed E-state index contributed by atoms with van der Waals surface area (Å²) in [6.07, 6.45) is 1.94. The van der Waals surface area contributed by atoms with Crippen molar-refractivity contribution in [2.24, 2.45) is 0 Å². The number of hydrogen-bond donors (Lipinski definition) is 0. The molecule has 0 spiro atoms. The van der Waals surface area contributed by atoms with Crippen LogP contribution in [0.3, 0.4) is 0 Å². The molecule has 108 valence electrons. The van der Waals surface area contributed by atoms with E-state index in [9.17, 15) is 0 Å². The molecule has 0 bridgehead atoms. The summed E-state index contributed by atoms with van der Waals surface area (Å²) in [6.45, 7) is 0.737. The van der Waals surface area contributed by atoms with E-state index in [0.29, 0.717) is 0 Å². The summed E-state index contributed by atoms with van der Waals surface area (Å²) >= 11 is 0. The van der Waals surface area contributed by atoms with Gasteiger partial charge in [-0.15, -0.1) is 35.9 Å². The molecule has 2 aromatic carbocycles. The van der Waals surface area contributed by atoms with Crippen LogP contribution in [0.25, 0.3) is 11.3 Å². The zero-order valence-electron chi connectivity index (χ0n) is 12.3. The molecule has 3 nitrogen and oxygen atoms in total. The van der Waals surface area contributed by atoms with Gasteiger partial charge in [-0.1, -0.05) is 35.5 Å². The van der Waals surface area contributed by atoms with Gasteiger partial charge in [0.15, 0.2) is 0 Å². The summed E-state index contributed by atoms with van der Waals surface area (Å²) in [5.41, 5.74) is 3.04. The maximum absolute atomic E-state index is 4.16. The van der Waals surface area contributed by atoms with Gasteiger partial charge in [-0.05, 0) is 5.56 Å². The van der Waals surface area contributed by atoms with Crippen molar-refractivity contribution >= 4 is 0 Å². The Kier molecular flexibility index (Phi) is 8.70. The zero-order valence-corrected chi connectivity index (χ0v) is 15.9. The van der Waals surface area contributed by atoms with Gasteiger partial charge < -0.3 is 14.9 Å². The van der Waals surface area contributed by atoms with E-state index < -0.39 is 0 Å². The van der Waals surface area contributed by atoms with Crippen LogP contribution in [-0.4, -0.2) is 15.0 Å². The number of aromatic nitrogens is 3. The van der Waals surface area contributed by atoms with E-state index in [4.69, 9.17) is 0 Å². The Morgan fingerprint density at radius 1 is 0.952 bits per heavy atom.